The fraction of sp³-hybridized carbons (Fsp3) is 0.355. The van der Waals surface area contributed by atoms with Crippen LogP contribution in [0.5, 0.6) is 0 Å². The zero-order chi connectivity index (χ0) is 28.1. The number of ether oxygens (including phenoxy) is 1. The number of piperazine rings is 1. The lowest BCUT2D eigenvalue weighted by atomic mass is 10.1. The molecule has 9 nitrogen and oxygen atoms in total. The standard InChI is InChI=1S/C31H38N6O3/c1-22-9-10-25(33-31(39)26-7-4-8-28(29(26)32)37-15-17-40-18-16-37)20-27(22)34-30(38)24-6-3-5-23(19-24)21-36-13-11-35(2)12-14-36/h3-10,19-20H,11-18,21,32H2,1-2H3,(H,33,39)(H,34,38). The number of carbonyl (C=O) groups is 2. The van der Waals surface area contributed by atoms with Crippen LogP contribution < -0.4 is 21.3 Å². The van der Waals surface area contributed by atoms with Gasteiger partial charge in [-0.05, 0) is 61.5 Å². The summed E-state index contributed by atoms with van der Waals surface area (Å²) in [6.45, 7) is 9.63. The van der Waals surface area contributed by atoms with E-state index in [0.717, 1.165) is 62.6 Å². The van der Waals surface area contributed by atoms with Gasteiger partial charge in [0.2, 0.25) is 0 Å². The van der Waals surface area contributed by atoms with Crippen LogP contribution in [-0.2, 0) is 11.3 Å². The van der Waals surface area contributed by atoms with Gasteiger partial charge in [-0.3, -0.25) is 14.5 Å². The predicted molar refractivity (Wildman–Crippen MR) is 160 cm³/mol. The van der Waals surface area contributed by atoms with Crippen molar-refractivity contribution in [3.63, 3.8) is 0 Å². The molecule has 3 aromatic carbocycles. The van der Waals surface area contributed by atoms with Crippen LogP contribution in [0.3, 0.4) is 0 Å². The van der Waals surface area contributed by atoms with Crippen LogP contribution in [0.4, 0.5) is 22.7 Å². The average Bonchev–Trinajstić information content (AvgIpc) is 2.96. The first kappa shape index (κ1) is 27.6. The third-order valence-corrected chi connectivity index (χ3v) is 7.61. The number of morpholine rings is 1. The maximum Gasteiger partial charge on any atom is 0.257 e. The topological polar surface area (TPSA) is 103 Å². The Bertz CT molecular complexity index is 1360. The number of nitrogens with two attached hydrogens (primary N) is 1. The maximum absolute atomic E-state index is 13.2. The number of nitrogens with one attached hydrogen (secondary N) is 2. The Balaban J connectivity index is 1.26. The third-order valence-electron chi connectivity index (χ3n) is 7.61. The maximum atomic E-state index is 13.2. The number of benzene rings is 3. The van der Waals surface area contributed by atoms with Gasteiger partial charge in [-0.2, -0.15) is 0 Å². The molecule has 2 amide bonds. The second-order valence-electron chi connectivity index (χ2n) is 10.6. The summed E-state index contributed by atoms with van der Waals surface area (Å²) in [4.78, 5) is 33.3. The van der Waals surface area contributed by atoms with E-state index in [-0.39, 0.29) is 11.8 Å². The van der Waals surface area contributed by atoms with Gasteiger partial charge in [-0.25, -0.2) is 0 Å². The van der Waals surface area contributed by atoms with Gasteiger partial charge in [0, 0.05) is 62.8 Å². The highest BCUT2D eigenvalue weighted by atomic mass is 16.5. The van der Waals surface area contributed by atoms with Crippen LogP contribution in [0, 0.1) is 6.92 Å². The normalized spacial score (nSPS) is 16.5. The van der Waals surface area contributed by atoms with Crippen molar-refractivity contribution in [2.75, 3.05) is 80.8 Å². The van der Waals surface area contributed by atoms with E-state index in [0.29, 0.717) is 41.4 Å². The Kier molecular flexibility index (Phi) is 8.64. The van der Waals surface area contributed by atoms with Crippen molar-refractivity contribution in [2.45, 2.75) is 13.5 Å². The summed E-state index contributed by atoms with van der Waals surface area (Å²) in [5.41, 5.74) is 11.9. The summed E-state index contributed by atoms with van der Waals surface area (Å²) in [5.74, 6) is -0.486. The molecule has 5 rings (SSSR count). The Morgan fingerprint density at radius 2 is 1.62 bits per heavy atom. The number of likely N-dealkylation sites (N-methyl/N-ethyl adjacent to an activating group) is 1. The monoisotopic (exact) mass is 542 g/mol. The molecule has 0 aliphatic carbocycles. The number of carbonyl (C=O) groups excluding carboxylic acids is 2. The lowest BCUT2D eigenvalue weighted by Gasteiger charge is -2.32. The molecule has 0 atom stereocenters. The molecule has 0 radical (unpaired) electrons. The molecule has 40 heavy (non-hydrogen) atoms. The second kappa shape index (κ2) is 12.5. The van der Waals surface area contributed by atoms with Gasteiger partial charge in [-0.15, -0.1) is 0 Å². The van der Waals surface area contributed by atoms with Crippen LogP contribution >= 0.6 is 0 Å². The fourth-order valence-corrected chi connectivity index (χ4v) is 5.13. The predicted octanol–water partition coefficient (Wildman–Crippen LogP) is 3.67. The van der Waals surface area contributed by atoms with Crippen molar-refractivity contribution < 1.29 is 14.3 Å². The highest BCUT2D eigenvalue weighted by Crippen LogP contribution is 2.29. The minimum atomic E-state index is -0.301. The molecule has 2 aliphatic heterocycles. The van der Waals surface area contributed by atoms with E-state index in [2.05, 4.69) is 38.4 Å². The van der Waals surface area contributed by atoms with Gasteiger partial charge in [0.15, 0.2) is 0 Å². The van der Waals surface area contributed by atoms with Crippen molar-refractivity contribution in [1.82, 2.24) is 9.80 Å². The van der Waals surface area contributed by atoms with E-state index >= 15 is 0 Å². The van der Waals surface area contributed by atoms with E-state index in [4.69, 9.17) is 10.5 Å². The van der Waals surface area contributed by atoms with Crippen molar-refractivity contribution >= 4 is 34.6 Å². The zero-order valence-electron chi connectivity index (χ0n) is 23.3. The number of rotatable bonds is 7. The Morgan fingerprint density at radius 3 is 2.40 bits per heavy atom. The van der Waals surface area contributed by atoms with Crippen molar-refractivity contribution in [1.29, 1.82) is 0 Å². The average molecular weight is 543 g/mol. The molecule has 0 unspecified atom stereocenters. The van der Waals surface area contributed by atoms with Crippen molar-refractivity contribution in [2.24, 2.45) is 0 Å². The number of nitrogen functional groups attached to an aromatic ring is 1. The first-order chi connectivity index (χ1) is 19.4. The quantitative estimate of drug-likeness (QED) is 0.392. The van der Waals surface area contributed by atoms with Gasteiger partial charge >= 0.3 is 0 Å². The number of amides is 2. The molecule has 0 saturated carbocycles. The summed E-state index contributed by atoms with van der Waals surface area (Å²) in [6, 6.07) is 18.8. The Labute approximate surface area is 235 Å². The molecule has 0 aromatic heterocycles. The first-order valence-electron chi connectivity index (χ1n) is 13.8. The molecule has 2 aliphatic rings. The van der Waals surface area contributed by atoms with Crippen molar-refractivity contribution in [3.05, 3.63) is 82.9 Å². The Morgan fingerprint density at radius 1 is 0.875 bits per heavy atom. The zero-order valence-corrected chi connectivity index (χ0v) is 23.3. The number of nitrogens with zero attached hydrogens (tertiary/aromatic N) is 3. The molecule has 2 fully saturated rings. The van der Waals surface area contributed by atoms with Crippen LogP contribution in [0.15, 0.2) is 60.7 Å². The van der Waals surface area contributed by atoms with E-state index in [1.807, 2.05) is 49.4 Å². The summed E-state index contributed by atoms with van der Waals surface area (Å²) < 4.78 is 5.44. The lowest BCUT2D eigenvalue weighted by molar-refractivity contribution is 0.101. The van der Waals surface area contributed by atoms with Crippen LogP contribution in [-0.4, -0.2) is 81.1 Å². The largest absolute Gasteiger partial charge is 0.396 e. The molecule has 2 heterocycles. The minimum Gasteiger partial charge on any atom is -0.396 e. The first-order valence-corrected chi connectivity index (χ1v) is 13.8. The van der Waals surface area contributed by atoms with Gasteiger partial charge < -0.3 is 30.9 Å². The fourth-order valence-electron chi connectivity index (χ4n) is 5.13. The van der Waals surface area contributed by atoms with Gasteiger partial charge in [0.05, 0.1) is 30.2 Å². The van der Waals surface area contributed by atoms with Gasteiger partial charge in [0.1, 0.15) is 0 Å². The van der Waals surface area contributed by atoms with Gasteiger partial charge in [0.25, 0.3) is 11.8 Å². The summed E-state index contributed by atoms with van der Waals surface area (Å²) in [6.07, 6.45) is 0. The number of hydrogen-bond donors (Lipinski definition) is 3. The number of aryl methyl sites for hydroxylation is 1. The van der Waals surface area contributed by atoms with Crippen LogP contribution in [0.1, 0.15) is 31.8 Å². The summed E-state index contributed by atoms with van der Waals surface area (Å²) >= 11 is 0. The highest BCUT2D eigenvalue weighted by Gasteiger charge is 2.19. The van der Waals surface area contributed by atoms with E-state index in [9.17, 15) is 9.59 Å². The van der Waals surface area contributed by atoms with Crippen LogP contribution in [0.25, 0.3) is 0 Å². The Hall–Kier alpha value is -3.92. The third kappa shape index (κ3) is 6.62. The molecule has 2 saturated heterocycles. The second-order valence-corrected chi connectivity index (χ2v) is 10.6. The molecular weight excluding hydrogens is 504 g/mol. The summed E-state index contributed by atoms with van der Waals surface area (Å²) in [5, 5.41) is 5.97. The number of anilines is 4. The molecule has 0 spiro atoms. The van der Waals surface area contributed by atoms with Crippen molar-refractivity contribution in [3.8, 4) is 0 Å². The molecular formula is C31H38N6O3. The number of para-hydroxylation sites is 1. The molecule has 0 bridgehead atoms. The van der Waals surface area contributed by atoms with E-state index < -0.39 is 0 Å². The molecule has 9 heteroatoms. The molecule has 210 valence electrons. The summed E-state index contributed by atoms with van der Waals surface area (Å²) in [7, 11) is 2.14. The van der Waals surface area contributed by atoms with E-state index in [1.54, 1.807) is 12.1 Å². The highest BCUT2D eigenvalue weighted by molar-refractivity contribution is 6.10. The number of hydrogen-bond acceptors (Lipinski definition) is 7. The van der Waals surface area contributed by atoms with Gasteiger partial charge in [-0.1, -0.05) is 24.3 Å². The minimum absolute atomic E-state index is 0.186. The molecule has 3 aromatic rings. The smallest absolute Gasteiger partial charge is 0.257 e. The van der Waals surface area contributed by atoms with Crippen LogP contribution in [0.2, 0.25) is 0 Å². The van der Waals surface area contributed by atoms with E-state index in [1.165, 1.54) is 0 Å². The lowest BCUT2D eigenvalue weighted by Crippen LogP contribution is -2.43. The SMILES string of the molecule is Cc1ccc(NC(=O)c2cccc(N3CCOCC3)c2N)cc1NC(=O)c1cccc(CN2CCN(C)CC2)c1. The molecule has 4 N–H and O–H groups in total.